The molecule has 9 heteroatoms. The van der Waals surface area contributed by atoms with E-state index in [1.807, 2.05) is 12.3 Å². The zero-order valence-electron chi connectivity index (χ0n) is 12.5. The molecule has 0 spiro atoms. The largest absolute Gasteiger partial charge is 0.354 e. The Bertz CT molecular complexity index is 662. The normalized spacial score (nSPS) is 10.6. The molecule has 0 atom stereocenters. The fourth-order valence-corrected chi connectivity index (χ4v) is 2.20. The maximum Gasteiger partial charge on any atom is 0.312 e. The van der Waals surface area contributed by atoms with Gasteiger partial charge >= 0.3 is 5.69 Å². The molecule has 0 radical (unpaired) electrons. The second-order valence-corrected chi connectivity index (χ2v) is 4.91. The molecule has 1 amide bonds. The SMILES string of the molecule is Cc1nn(CC(=O)NCCCn2cccn2)c(C)c1[N+](=O)[O-]. The van der Waals surface area contributed by atoms with Crippen molar-refractivity contribution in [3.8, 4) is 0 Å². The number of aryl methyl sites for hydroxylation is 2. The molecule has 0 aromatic carbocycles. The molecule has 22 heavy (non-hydrogen) atoms. The molecule has 0 aliphatic carbocycles. The number of hydrogen-bond donors (Lipinski definition) is 1. The number of carbonyl (C=O) groups excluding carboxylic acids is 1. The highest BCUT2D eigenvalue weighted by atomic mass is 16.6. The Hall–Kier alpha value is -2.71. The van der Waals surface area contributed by atoms with Gasteiger partial charge in [0.1, 0.15) is 17.9 Å². The average Bonchev–Trinajstić information content (AvgIpc) is 3.04. The van der Waals surface area contributed by atoms with Gasteiger partial charge in [0.05, 0.1) is 4.92 Å². The predicted octanol–water partition coefficient (Wildman–Crippen LogP) is 0.811. The van der Waals surface area contributed by atoms with E-state index in [1.165, 1.54) is 4.68 Å². The number of hydrogen-bond acceptors (Lipinski definition) is 5. The highest BCUT2D eigenvalue weighted by Gasteiger charge is 2.22. The molecule has 0 unspecified atom stereocenters. The molecular weight excluding hydrogens is 288 g/mol. The Labute approximate surface area is 127 Å². The first-order valence-electron chi connectivity index (χ1n) is 6.91. The van der Waals surface area contributed by atoms with E-state index < -0.39 is 4.92 Å². The van der Waals surface area contributed by atoms with Crippen LogP contribution in [0.15, 0.2) is 18.5 Å². The number of carbonyl (C=O) groups is 1. The molecule has 0 aliphatic rings. The summed E-state index contributed by atoms with van der Waals surface area (Å²) in [4.78, 5) is 22.3. The highest BCUT2D eigenvalue weighted by molar-refractivity contribution is 5.75. The molecule has 118 valence electrons. The van der Waals surface area contributed by atoms with Gasteiger partial charge in [-0.15, -0.1) is 0 Å². The summed E-state index contributed by atoms with van der Waals surface area (Å²) in [5, 5.41) is 21.8. The lowest BCUT2D eigenvalue weighted by molar-refractivity contribution is -0.386. The van der Waals surface area contributed by atoms with Crippen LogP contribution in [-0.4, -0.2) is 36.9 Å². The van der Waals surface area contributed by atoms with Crippen molar-refractivity contribution in [2.24, 2.45) is 0 Å². The fourth-order valence-electron chi connectivity index (χ4n) is 2.20. The van der Waals surface area contributed by atoms with Gasteiger partial charge in [0.2, 0.25) is 5.91 Å². The third kappa shape index (κ3) is 3.68. The van der Waals surface area contributed by atoms with Crippen LogP contribution in [0.2, 0.25) is 0 Å². The van der Waals surface area contributed by atoms with Crippen LogP contribution in [-0.2, 0) is 17.9 Å². The summed E-state index contributed by atoms with van der Waals surface area (Å²) in [6.07, 6.45) is 4.32. The lowest BCUT2D eigenvalue weighted by Gasteiger charge is -2.06. The monoisotopic (exact) mass is 306 g/mol. The van der Waals surface area contributed by atoms with Gasteiger partial charge in [-0.05, 0) is 26.3 Å². The fraction of sp³-hybridized carbons (Fsp3) is 0.462. The molecule has 2 rings (SSSR count). The van der Waals surface area contributed by atoms with Crippen molar-refractivity contribution in [1.29, 1.82) is 0 Å². The first-order valence-corrected chi connectivity index (χ1v) is 6.91. The molecule has 0 bridgehead atoms. The van der Waals surface area contributed by atoms with E-state index in [2.05, 4.69) is 15.5 Å². The number of nitrogens with one attached hydrogen (secondary N) is 1. The summed E-state index contributed by atoms with van der Waals surface area (Å²) < 4.78 is 3.15. The van der Waals surface area contributed by atoms with Gasteiger partial charge in [-0.2, -0.15) is 10.2 Å². The molecule has 0 fully saturated rings. The number of amides is 1. The standard InChI is InChI=1S/C13H18N6O3/c1-10-13(19(21)22)11(2)18(16-10)9-12(20)14-5-3-7-17-8-4-6-15-17/h4,6,8H,3,5,7,9H2,1-2H3,(H,14,20). The van der Waals surface area contributed by atoms with Crippen molar-refractivity contribution >= 4 is 11.6 Å². The lowest BCUT2D eigenvalue weighted by Crippen LogP contribution is -2.29. The molecule has 0 saturated heterocycles. The van der Waals surface area contributed by atoms with Gasteiger partial charge in [-0.3, -0.25) is 24.3 Å². The quantitative estimate of drug-likeness (QED) is 0.462. The van der Waals surface area contributed by atoms with E-state index in [-0.39, 0.29) is 18.1 Å². The second kappa shape index (κ2) is 6.83. The van der Waals surface area contributed by atoms with Crippen LogP contribution in [0.3, 0.4) is 0 Å². The van der Waals surface area contributed by atoms with E-state index in [4.69, 9.17) is 0 Å². The van der Waals surface area contributed by atoms with Crippen LogP contribution in [0.1, 0.15) is 17.8 Å². The minimum absolute atomic E-state index is 0.0255. The smallest absolute Gasteiger partial charge is 0.312 e. The summed E-state index contributed by atoms with van der Waals surface area (Å²) in [6.45, 7) is 4.35. The number of nitrogens with zero attached hydrogens (tertiary/aromatic N) is 5. The van der Waals surface area contributed by atoms with Crippen molar-refractivity contribution < 1.29 is 9.72 Å². The first-order chi connectivity index (χ1) is 10.5. The molecule has 1 N–H and O–H groups in total. The van der Waals surface area contributed by atoms with Crippen LogP contribution < -0.4 is 5.32 Å². The molecule has 9 nitrogen and oxygen atoms in total. The molecular formula is C13H18N6O3. The Kier molecular flexibility index (Phi) is 4.87. The van der Waals surface area contributed by atoms with Crippen molar-refractivity contribution in [1.82, 2.24) is 24.9 Å². The minimum atomic E-state index is -0.476. The van der Waals surface area contributed by atoms with Gasteiger partial charge in [-0.25, -0.2) is 0 Å². The van der Waals surface area contributed by atoms with Gasteiger partial charge in [0, 0.05) is 25.5 Å². The average molecular weight is 306 g/mol. The third-order valence-corrected chi connectivity index (χ3v) is 3.26. The number of rotatable bonds is 7. The Morgan fingerprint density at radius 2 is 2.23 bits per heavy atom. The van der Waals surface area contributed by atoms with Crippen molar-refractivity contribution in [3.63, 3.8) is 0 Å². The van der Waals surface area contributed by atoms with Gasteiger partial charge in [-0.1, -0.05) is 0 Å². The zero-order chi connectivity index (χ0) is 16.1. The van der Waals surface area contributed by atoms with E-state index in [1.54, 1.807) is 24.7 Å². The van der Waals surface area contributed by atoms with Crippen molar-refractivity contribution in [2.75, 3.05) is 6.54 Å². The number of nitro groups is 1. The minimum Gasteiger partial charge on any atom is -0.354 e. The first kappa shape index (κ1) is 15.7. The van der Waals surface area contributed by atoms with E-state index in [0.29, 0.717) is 17.9 Å². The van der Waals surface area contributed by atoms with Gasteiger partial charge in [0.25, 0.3) is 0 Å². The maximum atomic E-state index is 11.9. The Balaban J connectivity index is 1.82. The summed E-state index contributed by atoms with van der Waals surface area (Å²) in [7, 11) is 0. The maximum absolute atomic E-state index is 11.9. The second-order valence-electron chi connectivity index (χ2n) is 4.91. The highest BCUT2D eigenvalue weighted by Crippen LogP contribution is 2.21. The summed E-state index contributed by atoms with van der Waals surface area (Å²) in [5.41, 5.74) is 0.662. The van der Waals surface area contributed by atoms with Crippen LogP contribution >= 0.6 is 0 Å². The van der Waals surface area contributed by atoms with Gasteiger partial charge in [0.15, 0.2) is 0 Å². The lowest BCUT2D eigenvalue weighted by atomic mass is 10.3. The van der Waals surface area contributed by atoms with Crippen molar-refractivity contribution in [3.05, 3.63) is 40.0 Å². The zero-order valence-corrected chi connectivity index (χ0v) is 12.5. The molecule has 0 saturated carbocycles. The molecule has 0 aliphatic heterocycles. The molecule has 2 heterocycles. The number of aromatic nitrogens is 4. The Morgan fingerprint density at radius 1 is 1.45 bits per heavy atom. The van der Waals surface area contributed by atoms with E-state index >= 15 is 0 Å². The molecule has 2 aromatic heterocycles. The predicted molar refractivity (Wildman–Crippen MR) is 78.2 cm³/mol. The third-order valence-electron chi connectivity index (χ3n) is 3.26. The summed E-state index contributed by atoms with van der Waals surface area (Å²) in [5.74, 6) is -0.221. The topological polar surface area (TPSA) is 108 Å². The Morgan fingerprint density at radius 3 is 2.82 bits per heavy atom. The van der Waals surface area contributed by atoms with Crippen LogP contribution in [0.4, 0.5) is 5.69 Å². The summed E-state index contributed by atoms with van der Waals surface area (Å²) >= 11 is 0. The summed E-state index contributed by atoms with van der Waals surface area (Å²) in [6, 6.07) is 1.84. The van der Waals surface area contributed by atoms with Crippen LogP contribution in [0.25, 0.3) is 0 Å². The van der Waals surface area contributed by atoms with E-state index in [0.717, 1.165) is 13.0 Å². The van der Waals surface area contributed by atoms with Crippen molar-refractivity contribution in [2.45, 2.75) is 33.4 Å². The molecule has 2 aromatic rings. The van der Waals surface area contributed by atoms with Gasteiger partial charge < -0.3 is 5.32 Å². The van der Waals surface area contributed by atoms with Crippen LogP contribution in [0, 0.1) is 24.0 Å². The van der Waals surface area contributed by atoms with Crippen LogP contribution in [0.5, 0.6) is 0 Å². The van der Waals surface area contributed by atoms with E-state index in [9.17, 15) is 14.9 Å².